The Bertz CT molecular complexity index is 1130. The lowest BCUT2D eigenvalue weighted by atomic mass is 10.0. The smallest absolute Gasteiger partial charge is 0.251 e. The molecular weight excluding hydrogens is 444 g/mol. The number of nitrogens with one attached hydrogen (secondary N) is 2. The molecule has 1 unspecified atom stereocenters. The van der Waals surface area contributed by atoms with Crippen molar-refractivity contribution in [2.45, 2.75) is 13.2 Å². The molecule has 0 spiro atoms. The highest BCUT2D eigenvalue weighted by Crippen LogP contribution is 2.37. The fourth-order valence-electron chi connectivity index (χ4n) is 2.82. The van der Waals surface area contributed by atoms with Crippen LogP contribution in [0.2, 0.25) is 10.0 Å². The zero-order chi connectivity index (χ0) is 22.5. The molecule has 0 fully saturated rings. The molecule has 1 aromatic heterocycles. The first-order valence-corrected chi connectivity index (χ1v) is 9.92. The van der Waals surface area contributed by atoms with Crippen LogP contribution in [0.5, 0.6) is 5.75 Å². The molecule has 3 rings (SSSR count). The molecule has 0 aliphatic rings. The van der Waals surface area contributed by atoms with Crippen LogP contribution in [-0.2, 0) is 0 Å². The van der Waals surface area contributed by atoms with Crippen molar-refractivity contribution in [1.29, 1.82) is 5.53 Å². The second-order valence-corrected chi connectivity index (χ2v) is 7.19. The number of aromatic nitrogens is 1. The van der Waals surface area contributed by atoms with Crippen LogP contribution in [0.1, 0.15) is 29.1 Å². The maximum Gasteiger partial charge on any atom is 0.251 e. The van der Waals surface area contributed by atoms with Crippen LogP contribution in [0.25, 0.3) is 11.1 Å². The molecule has 31 heavy (non-hydrogen) atoms. The average Bonchev–Trinajstić information content (AvgIpc) is 2.77. The largest absolute Gasteiger partial charge is 0.459 e. The van der Waals surface area contributed by atoms with Gasteiger partial charge in [-0.05, 0) is 42.8 Å². The number of anilines is 1. The number of rotatable bonds is 7. The number of pyridine rings is 1. The van der Waals surface area contributed by atoms with Crippen molar-refractivity contribution in [2.24, 2.45) is 5.11 Å². The molecule has 4 N–H and O–H groups in total. The third kappa shape index (κ3) is 4.92. The zero-order valence-electron chi connectivity index (χ0n) is 16.3. The Morgan fingerprint density at radius 3 is 2.61 bits per heavy atom. The highest BCUT2D eigenvalue weighted by molar-refractivity contribution is 6.36. The van der Waals surface area contributed by atoms with Gasteiger partial charge in [-0.15, -0.1) is 5.11 Å². The highest BCUT2D eigenvalue weighted by Gasteiger charge is 2.23. The van der Waals surface area contributed by atoms with E-state index in [2.05, 4.69) is 15.4 Å². The summed E-state index contributed by atoms with van der Waals surface area (Å²) in [6.45, 7) is 2.37. The minimum Gasteiger partial charge on any atom is -0.459 e. The lowest BCUT2D eigenvalue weighted by molar-refractivity contribution is 0.0956. The summed E-state index contributed by atoms with van der Waals surface area (Å²) in [7, 11) is 0. The van der Waals surface area contributed by atoms with Gasteiger partial charge < -0.3 is 15.8 Å². The molecule has 3 aromatic rings. The van der Waals surface area contributed by atoms with E-state index in [4.69, 9.17) is 39.2 Å². The maximum atomic E-state index is 13.9. The van der Waals surface area contributed by atoms with Gasteiger partial charge in [0, 0.05) is 23.9 Å². The molecule has 0 bridgehead atoms. The fraction of sp³-hybridized carbons (Fsp3) is 0.143. The first-order valence-electron chi connectivity index (χ1n) is 9.16. The van der Waals surface area contributed by atoms with E-state index < -0.39 is 12.0 Å². The van der Waals surface area contributed by atoms with Crippen LogP contribution >= 0.6 is 23.2 Å². The van der Waals surface area contributed by atoms with Gasteiger partial charge >= 0.3 is 0 Å². The summed E-state index contributed by atoms with van der Waals surface area (Å²) in [5.74, 6) is -0.731. The minimum absolute atomic E-state index is 0.00873. The molecule has 10 heteroatoms. The minimum atomic E-state index is -1.32. The summed E-state index contributed by atoms with van der Waals surface area (Å²) in [4.78, 5) is 16.0. The van der Waals surface area contributed by atoms with Gasteiger partial charge in [0.15, 0.2) is 11.6 Å². The van der Waals surface area contributed by atoms with Crippen LogP contribution in [0, 0.1) is 11.3 Å². The first-order chi connectivity index (χ1) is 14.8. The molecule has 160 valence electrons. The number of amides is 1. The van der Waals surface area contributed by atoms with Crippen molar-refractivity contribution in [2.75, 3.05) is 12.3 Å². The molecule has 0 radical (unpaired) electrons. The summed E-state index contributed by atoms with van der Waals surface area (Å²) in [6.07, 6.45) is 0.216. The average molecular weight is 462 g/mol. The zero-order valence-corrected chi connectivity index (χ0v) is 17.8. The fourth-order valence-corrected chi connectivity index (χ4v) is 3.38. The summed E-state index contributed by atoms with van der Waals surface area (Å²) < 4.78 is 19.6. The maximum absolute atomic E-state index is 13.9. The van der Waals surface area contributed by atoms with E-state index >= 15 is 0 Å². The number of benzene rings is 2. The number of carbonyl (C=O) groups is 1. The number of carbonyl (C=O) groups excluding carboxylic acids is 1. The Labute approximate surface area is 187 Å². The molecule has 1 heterocycles. The van der Waals surface area contributed by atoms with Crippen molar-refractivity contribution in [3.63, 3.8) is 0 Å². The number of nitrogens with two attached hydrogens (primary N) is 1. The van der Waals surface area contributed by atoms with E-state index in [1.807, 2.05) is 6.92 Å². The number of nitrogen functional groups attached to an aromatic ring is 1. The van der Waals surface area contributed by atoms with Crippen LogP contribution in [-0.4, -0.2) is 17.4 Å². The Morgan fingerprint density at radius 2 is 1.97 bits per heavy atom. The Balaban J connectivity index is 1.92. The molecule has 2 aromatic carbocycles. The van der Waals surface area contributed by atoms with E-state index in [-0.39, 0.29) is 33.1 Å². The van der Waals surface area contributed by atoms with Crippen molar-refractivity contribution in [3.05, 3.63) is 75.7 Å². The number of halogens is 3. The van der Waals surface area contributed by atoms with Crippen molar-refractivity contribution in [3.8, 4) is 16.9 Å². The summed E-state index contributed by atoms with van der Waals surface area (Å²) >= 11 is 12.1. The molecule has 0 aliphatic heterocycles. The summed E-state index contributed by atoms with van der Waals surface area (Å²) in [5.41, 5.74) is 15.3. The lowest BCUT2D eigenvalue weighted by Crippen LogP contribution is -2.22. The normalized spacial score (nSPS) is 11.6. The predicted octanol–water partition coefficient (Wildman–Crippen LogP) is 5.63. The lowest BCUT2D eigenvalue weighted by Gasteiger charge is -2.18. The second kappa shape index (κ2) is 9.72. The topological polar surface area (TPSA) is 113 Å². The van der Waals surface area contributed by atoms with Gasteiger partial charge in [0.05, 0.1) is 15.6 Å². The number of ether oxygens (including phenoxy) is 1. The Kier molecular flexibility index (Phi) is 7.04. The molecule has 0 aliphatic carbocycles. The monoisotopic (exact) mass is 461 g/mol. The third-order valence-electron chi connectivity index (χ3n) is 4.38. The van der Waals surface area contributed by atoms with E-state index in [9.17, 15) is 9.18 Å². The molecule has 0 saturated carbocycles. The van der Waals surface area contributed by atoms with Gasteiger partial charge in [-0.25, -0.2) is 14.9 Å². The van der Waals surface area contributed by atoms with Crippen LogP contribution in [0.3, 0.4) is 0 Å². The Hall–Kier alpha value is -3.23. The molecule has 1 amide bonds. The van der Waals surface area contributed by atoms with Crippen LogP contribution in [0.4, 0.5) is 10.2 Å². The van der Waals surface area contributed by atoms with Gasteiger partial charge in [0.2, 0.25) is 6.23 Å². The second-order valence-electron chi connectivity index (χ2n) is 6.40. The first kappa shape index (κ1) is 22.5. The Morgan fingerprint density at radius 1 is 1.26 bits per heavy atom. The van der Waals surface area contributed by atoms with Gasteiger partial charge in [-0.3, -0.25) is 4.79 Å². The van der Waals surface area contributed by atoms with E-state index in [1.54, 1.807) is 30.3 Å². The van der Waals surface area contributed by atoms with Gasteiger partial charge in [0.1, 0.15) is 5.82 Å². The third-order valence-corrected chi connectivity index (χ3v) is 5.10. The van der Waals surface area contributed by atoms with E-state index in [1.165, 1.54) is 12.3 Å². The number of hydrogen-bond acceptors (Lipinski definition) is 6. The van der Waals surface area contributed by atoms with Crippen LogP contribution in [0.15, 0.2) is 53.8 Å². The van der Waals surface area contributed by atoms with Crippen LogP contribution < -0.4 is 15.8 Å². The van der Waals surface area contributed by atoms with Crippen molar-refractivity contribution in [1.82, 2.24) is 10.3 Å². The molecular formula is C21H18Cl2FN5O2. The van der Waals surface area contributed by atoms with Gasteiger partial charge in [0.25, 0.3) is 5.91 Å². The SMILES string of the molecule is CCNC(=O)c1ccc(-c2cnc(N)c(OC(N=N)c3c(Cl)ccc(F)c3Cl)c2)cc1. The van der Waals surface area contributed by atoms with Gasteiger partial charge in [-0.1, -0.05) is 35.3 Å². The van der Waals surface area contributed by atoms with Gasteiger partial charge in [-0.2, -0.15) is 0 Å². The van der Waals surface area contributed by atoms with Crippen molar-refractivity contribution >= 4 is 34.9 Å². The van der Waals surface area contributed by atoms with E-state index in [0.717, 1.165) is 11.6 Å². The highest BCUT2D eigenvalue weighted by atomic mass is 35.5. The standard InChI is InChI=1S/C21H18Cl2FN5O2/c1-2-27-20(30)12-5-3-11(4-6-12)13-9-16(19(25)28-10-13)31-21(29-26)17-14(22)7-8-15(24)18(17)23/h3-10,21,26H,2H2,1H3,(H2,25,28)(H,27,30). The summed E-state index contributed by atoms with van der Waals surface area (Å²) in [6, 6.07) is 10.9. The molecule has 1 atom stereocenters. The molecule has 0 saturated heterocycles. The quantitative estimate of drug-likeness (QED) is 0.312. The number of hydrogen-bond donors (Lipinski definition) is 3. The molecule has 7 nitrogen and oxygen atoms in total. The van der Waals surface area contributed by atoms with E-state index in [0.29, 0.717) is 17.7 Å². The predicted molar refractivity (Wildman–Crippen MR) is 117 cm³/mol. The number of nitrogens with zero attached hydrogens (tertiary/aromatic N) is 2. The summed E-state index contributed by atoms with van der Waals surface area (Å²) in [5, 5.41) is 5.90. The van der Waals surface area contributed by atoms with Crippen molar-refractivity contribution < 1.29 is 13.9 Å².